The third-order valence-electron chi connectivity index (χ3n) is 7.68. The van der Waals surface area contributed by atoms with Crippen LogP contribution in [0.4, 0.5) is 17.1 Å². The lowest BCUT2D eigenvalue weighted by molar-refractivity contribution is 0.543. The fourth-order valence-corrected chi connectivity index (χ4v) is 6.38. The van der Waals surface area contributed by atoms with Crippen LogP contribution in [0.2, 0.25) is 0 Å². The Morgan fingerprint density at radius 1 is 0.561 bits per heavy atom. The highest BCUT2D eigenvalue weighted by Crippen LogP contribution is 2.40. The molecule has 0 radical (unpaired) electrons. The van der Waals surface area contributed by atoms with Gasteiger partial charge in [0.2, 0.25) is 0 Å². The van der Waals surface area contributed by atoms with Crippen molar-refractivity contribution in [2.24, 2.45) is 5.73 Å². The predicted octanol–water partition coefficient (Wildman–Crippen LogP) is 9.43. The molecule has 3 N–H and O–H groups in total. The first kappa shape index (κ1) is 28.4. The zero-order valence-corrected chi connectivity index (χ0v) is 25.8. The van der Waals surface area contributed by atoms with E-state index in [4.69, 9.17) is 5.73 Å². The van der Waals surface area contributed by atoms with Crippen LogP contribution in [0.1, 0.15) is 56.5 Å². The number of benzene rings is 4. The van der Waals surface area contributed by atoms with E-state index in [0.717, 1.165) is 34.0 Å². The monoisotopic (exact) mass is 541 g/mol. The lowest BCUT2D eigenvalue weighted by Crippen LogP contribution is -2.39. The van der Waals surface area contributed by atoms with Gasteiger partial charge in [-0.2, -0.15) is 0 Å². The molecule has 1 unspecified atom stereocenters. The van der Waals surface area contributed by atoms with E-state index in [2.05, 4.69) is 151 Å². The van der Waals surface area contributed by atoms with Crippen molar-refractivity contribution in [3.63, 3.8) is 0 Å². The molecule has 0 aliphatic heterocycles. The Labute approximate surface area is 246 Å². The van der Waals surface area contributed by atoms with Crippen LogP contribution >= 0.6 is 0 Å². The van der Waals surface area contributed by atoms with Crippen molar-refractivity contribution in [2.75, 3.05) is 10.2 Å². The summed E-state index contributed by atoms with van der Waals surface area (Å²) in [7, 11) is 0. The number of aryl methyl sites for hydroxylation is 8. The van der Waals surface area contributed by atoms with Crippen LogP contribution in [-0.4, -0.2) is 0 Å². The van der Waals surface area contributed by atoms with Crippen LogP contribution in [0.25, 0.3) is 0 Å². The lowest BCUT2D eigenvalue weighted by atomic mass is 9.81. The molecule has 0 spiro atoms. The molecule has 1 aliphatic rings. The molecular weight excluding hydrogens is 498 g/mol. The van der Waals surface area contributed by atoms with Gasteiger partial charge in [-0.15, -0.1) is 0 Å². The minimum atomic E-state index is -0.696. The Bertz CT molecular complexity index is 1560. The van der Waals surface area contributed by atoms with Crippen molar-refractivity contribution < 1.29 is 0 Å². The summed E-state index contributed by atoms with van der Waals surface area (Å²) in [4.78, 5) is 2.37. The van der Waals surface area contributed by atoms with E-state index in [1.807, 2.05) is 0 Å². The molecule has 210 valence electrons. The van der Waals surface area contributed by atoms with E-state index < -0.39 is 5.54 Å². The highest BCUT2D eigenvalue weighted by molar-refractivity contribution is 5.73. The summed E-state index contributed by atoms with van der Waals surface area (Å²) in [5.74, 6) is 0. The second-order valence-electron chi connectivity index (χ2n) is 12.4. The standard InChI is InChI=1S/C38H43N3/c1-24-9-25(2)14-32(13-24)38(39)22-34(40-33-15-26(3)10-27(4)16-33)21-37(23-38)41(35-17-28(5)11-29(6)18-35)36-19-30(7)12-31(8)20-36/h9-21,23,40H,22,39H2,1-8H3. The summed E-state index contributed by atoms with van der Waals surface area (Å²) in [6.45, 7) is 17.2. The normalized spacial score (nSPS) is 16.7. The zero-order valence-electron chi connectivity index (χ0n) is 25.8. The van der Waals surface area contributed by atoms with E-state index >= 15 is 0 Å². The van der Waals surface area contributed by atoms with Gasteiger partial charge in [-0.1, -0.05) is 47.5 Å². The van der Waals surface area contributed by atoms with Crippen LogP contribution in [0.3, 0.4) is 0 Å². The number of hydrogen-bond donors (Lipinski definition) is 2. The Kier molecular flexibility index (Phi) is 7.68. The van der Waals surface area contributed by atoms with E-state index in [1.165, 1.54) is 44.5 Å². The zero-order chi connectivity index (χ0) is 29.5. The largest absolute Gasteiger partial charge is 0.359 e. The van der Waals surface area contributed by atoms with Gasteiger partial charge in [-0.3, -0.25) is 0 Å². The van der Waals surface area contributed by atoms with Gasteiger partial charge >= 0.3 is 0 Å². The molecule has 4 aromatic carbocycles. The maximum atomic E-state index is 7.44. The van der Waals surface area contributed by atoms with Crippen molar-refractivity contribution in [1.82, 2.24) is 0 Å². The molecule has 4 aromatic rings. The van der Waals surface area contributed by atoms with E-state index in [-0.39, 0.29) is 0 Å². The van der Waals surface area contributed by atoms with E-state index in [1.54, 1.807) is 0 Å². The first-order chi connectivity index (χ1) is 19.4. The van der Waals surface area contributed by atoms with Gasteiger partial charge in [-0.25, -0.2) is 0 Å². The summed E-state index contributed by atoms with van der Waals surface area (Å²) in [6, 6.07) is 26.8. The van der Waals surface area contributed by atoms with E-state index in [0.29, 0.717) is 6.42 Å². The van der Waals surface area contributed by atoms with Crippen molar-refractivity contribution in [1.29, 1.82) is 0 Å². The van der Waals surface area contributed by atoms with Gasteiger partial charge in [0, 0.05) is 34.9 Å². The molecule has 0 amide bonds. The maximum Gasteiger partial charge on any atom is 0.0673 e. The first-order valence-corrected chi connectivity index (χ1v) is 14.5. The van der Waals surface area contributed by atoms with Crippen LogP contribution in [0.5, 0.6) is 0 Å². The third-order valence-corrected chi connectivity index (χ3v) is 7.68. The highest BCUT2D eigenvalue weighted by Gasteiger charge is 2.33. The van der Waals surface area contributed by atoms with Crippen molar-refractivity contribution in [3.8, 4) is 0 Å². The summed E-state index contributed by atoms with van der Waals surface area (Å²) in [5.41, 5.74) is 23.2. The molecule has 0 saturated heterocycles. The number of nitrogens with two attached hydrogens (primary N) is 1. The molecule has 0 bridgehead atoms. The number of rotatable bonds is 6. The van der Waals surface area contributed by atoms with Crippen molar-refractivity contribution in [3.05, 3.63) is 146 Å². The van der Waals surface area contributed by atoms with E-state index in [9.17, 15) is 0 Å². The number of hydrogen-bond acceptors (Lipinski definition) is 3. The molecule has 41 heavy (non-hydrogen) atoms. The molecule has 3 nitrogen and oxygen atoms in total. The molecule has 0 aromatic heterocycles. The van der Waals surface area contributed by atoms with Gasteiger partial charge in [0.05, 0.1) is 5.54 Å². The minimum Gasteiger partial charge on any atom is -0.359 e. The Morgan fingerprint density at radius 2 is 0.951 bits per heavy atom. The number of allylic oxidation sites excluding steroid dienone is 1. The smallest absolute Gasteiger partial charge is 0.0673 e. The van der Waals surface area contributed by atoms with Gasteiger partial charge < -0.3 is 16.0 Å². The second-order valence-corrected chi connectivity index (χ2v) is 12.4. The number of nitrogens with one attached hydrogen (secondary N) is 1. The molecule has 1 aliphatic carbocycles. The average molecular weight is 542 g/mol. The van der Waals surface area contributed by atoms with Crippen molar-refractivity contribution in [2.45, 2.75) is 67.3 Å². The van der Waals surface area contributed by atoms with Crippen LogP contribution in [-0.2, 0) is 5.54 Å². The molecule has 0 fully saturated rings. The molecule has 0 saturated carbocycles. The number of anilines is 3. The molecule has 1 atom stereocenters. The van der Waals surface area contributed by atoms with Crippen molar-refractivity contribution >= 4 is 17.1 Å². The van der Waals surface area contributed by atoms with Gasteiger partial charge in [0.15, 0.2) is 0 Å². The first-order valence-electron chi connectivity index (χ1n) is 14.5. The molecule has 0 heterocycles. The molecular formula is C38H43N3. The van der Waals surface area contributed by atoms with Crippen LogP contribution < -0.4 is 16.0 Å². The van der Waals surface area contributed by atoms with Gasteiger partial charge in [0.1, 0.15) is 0 Å². The topological polar surface area (TPSA) is 41.3 Å². The Morgan fingerprint density at radius 3 is 1.39 bits per heavy atom. The summed E-state index contributed by atoms with van der Waals surface area (Å²) in [5, 5.41) is 3.76. The van der Waals surface area contributed by atoms with Gasteiger partial charge in [0.25, 0.3) is 0 Å². The summed E-state index contributed by atoms with van der Waals surface area (Å²) >= 11 is 0. The fourth-order valence-electron chi connectivity index (χ4n) is 6.38. The Balaban J connectivity index is 1.74. The second kappa shape index (κ2) is 11.1. The summed E-state index contributed by atoms with van der Waals surface area (Å²) in [6.07, 6.45) is 5.21. The fraction of sp³-hybridized carbons (Fsp3) is 0.263. The SMILES string of the molecule is Cc1cc(C)cc(NC2=CC(N(c3cc(C)cc(C)c3)c3cc(C)cc(C)c3)=CC(N)(c3cc(C)cc(C)c3)C2)c1. The minimum absolute atomic E-state index is 0.667. The summed E-state index contributed by atoms with van der Waals surface area (Å²) < 4.78 is 0. The lowest BCUT2D eigenvalue weighted by Gasteiger charge is -2.37. The quantitative estimate of drug-likeness (QED) is 0.255. The van der Waals surface area contributed by atoms with Gasteiger partial charge in [-0.05, 0) is 143 Å². The number of nitrogens with zero attached hydrogens (tertiary/aromatic N) is 1. The Hall–Kier alpha value is -4.08. The molecule has 5 rings (SSSR count). The highest BCUT2D eigenvalue weighted by atomic mass is 15.2. The average Bonchev–Trinajstić information content (AvgIpc) is 2.81. The predicted molar refractivity (Wildman–Crippen MR) is 176 cm³/mol. The molecule has 3 heteroatoms. The third kappa shape index (κ3) is 6.47. The van der Waals surface area contributed by atoms with Crippen LogP contribution in [0, 0.1) is 55.4 Å². The van der Waals surface area contributed by atoms with Crippen LogP contribution in [0.15, 0.2) is 96.3 Å². The maximum absolute atomic E-state index is 7.44.